The number of nitrogens with zero attached hydrogens (tertiary/aromatic N) is 5. The van der Waals surface area contributed by atoms with Crippen LogP contribution in [0.2, 0.25) is 5.02 Å². The van der Waals surface area contributed by atoms with E-state index in [1.807, 2.05) is 39.0 Å². The van der Waals surface area contributed by atoms with E-state index in [1.54, 1.807) is 27.4 Å². The Labute approximate surface area is 213 Å². The first-order chi connectivity index (χ1) is 17.2. The molecule has 12 heteroatoms. The summed E-state index contributed by atoms with van der Waals surface area (Å²) in [5, 5.41) is 5.56. The van der Waals surface area contributed by atoms with Gasteiger partial charge in [-0.05, 0) is 49.0 Å². The van der Waals surface area contributed by atoms with Crippen LogP contribution in [0, 0.1) is 13.8 Å². The summed E-state index contributed by atoms with van der Waals surface area (Å²) in [5.41, 5.74) is 2.52. The molecular weight excluding hydrogens is 502 g/mol. The van der Waals surface area contributed by atoms with Crippen LogP contribution in [-0.4, -0.2) is 29.2 Å². The van der Waals surface area contributed by atoms with Crippen LogP contribution in [0.1, 0.15) is 29.4 Å². The molecule has 5 rings (SSSR count). The summed E-state index contributed by atoms with van der Waals surface area (Å²) in [6.45, 7) is 6.42. The van der Waals surface area contributed by atoms with Crippen LogP contribution in [0.4, 0.5) is 0 Å². The molecule has 1 aromatic carbocycles. The first kappa shape index (κ1) is 24.0. The minimum Gasteiger partial charge on any atom is -0.322 e. The molecule has 0 saturated carbocycles. The number of nitrogens with one attached hydrogen (secondary N) is 2. The number of aromatic nitrogens is 7. The van der Waals surface area contributed by atoms with Gasteiger partial charge >= 0.3 is 16.8 Å². The van der Waals surface area contributed by atoms with E-state index in [2.05, 4.69) is 20.1 Å². The molecule has 0 saturated heterocycles. The van der Waals surface area contributed by atoms with Crippen LogP contribution >= 0.6 is 23.4 Å². The third kappa shape index (κ3) is 4.35. The number of thioether (sulfide) groups is 1. The van der Waals surface area contributed by atoms with Crippen molar-refractivity contribution in [1.29, 1.82) is 0 Å². The SMILES string of the molecule is CCn1c(CSc2n[n+]3cc(C)cc(C)c3c(=O)[nH]2)nc2c1c(=O)[nH]c(=O)n2Cc1ccc(Cl)cc1. The van der Waals surface area contributed by atoms with E-state index in [-0.39, 0.29) is 12.1 Å². The number of fused-ring (bicyclic) bond motifs is 2. The van der Waals surface area contributed by atoms with Crippen LogP contribution < -0.4 is 21.3 Å². The maximum Gasteiger partial charge on any atom is 0.330 e. The fraction of sp³-hybridized carbons (Fsp3) is 0.250. The van der Waals surface area contributed by atoms with Gasteiger partial charge in [-0.25, -0.2) is 9.78 Å². The van der Waals surface area contributed by atoms with Gasteiger partial charge in [0.2, 0.25) is 11.4 Å². The van der Waals surface area contributed by atoms with Crippen molar-refractivity contribution in [2.24, 2.45) is 0 Å². The van der Waals surface area contributed by atoms with E-state index < -0.39 is 11.2 Å². The first-order valence-electron chi connectivity index (χ1n) is 11.3. The van der Waals surface area contributed by atoms with Gasteiger partial charge in [-0.1, -0.05) is 35.5 Å². The Morgan fingerprint density at radius 2 is 1.81 bits per heavy atom. The number of aromatic amines is 2. The quantitative estimate of drug-likeness (QED) is 0.260. The van der Waals surface area contributed by atoms with Gasteiger partial charge in [-0.3, -0.25) is 24.1 Å². The fourth-order valence-electron chi connectivity index (χ4n) is 4.31. The molecule has 5 aromatic rings. The molecule has 2 N–H and O–H groups in total. The van der Waals surface area contributed by atoms with Crippen molar-refractivity contribution in [2.45, 2.75) is 44.8 Å². The van der Waals surface area contributed by atoms with Crippen molar-refractivity contribution in [2.75, 3.05) is 0 Å². The van der Waals surface area contributed by atoms with E-state index in [0.29, 0.717) is 45.0 Å². The van der Waals surface area contributed by atoms with Crippen molar-refractivity contribution >= 4 is 40.0 Å². The van der Waals surface area contributed by atoms with Gasteiger partial charge in [-0.15, -0.1) is 0 Å². The van der Waals surface area contributed by atoms with Crippen LogP contribution in [-0.2, 0) is 18.8 Å². The van der Waals surface area contributed by atoms with Crippen molar-refractivity contribution in [3.8, 4) is 0 Å². The lowest BCUT2D eigenvalue weighted by molar-refractivity contribution is -0.587. The Hall–Kier alpha value is -3.70. The molecule has 0 atom stereocenters. The van der Waals surface area contributed by atoms with Gasteiger partial charge in [-0.2, -0.15) is 0 Å². The number of aryl methyl sites for hydroxylation is 3. The normalized spacial score (nSPS) is 11.6. The first-order valence-corrected chi connectivity index (χ1v) is 12.6. The molecule has 0 unspecified atom stereocenters. The molecule has 4 aromatic heterocycles. The monoisotopic (exact) mass is 524 g/mol. The zero-order valence-electron chi connectivity index (χ0n) is 19.8. The van der Waals surface area contributed by atoms with E-state index in [4.69, 9.17) is 11.6 Å². The van der Waals surface area contributed by atoms with E-state index in [1.165, 1.54) is 16.3 Å². The number of hydrogen-bond acceptors (Lipinski definition) is 6. The van der Waals surface area contributed by atoms with E-state index >= 15 is 0 Å². The predicted octanol–water partition coefficient (Wildman–Crippen LogP) is 2.34. The molecule has 0 amide bonds. The van der Waals surface area contributed by atoms with Crippen molar-refractivity contribution in [1.82, 2.24) is 29.2 Å². The zero-order chi connectivity index (χ0) is 25.6. The minimum absolute atomic E-state index is 0.228. The Balaban J connectivity index is 1.55. The summed E-state index contributed by atoms with van der Waals surface area (Å²) in [6.07, 6.45) is 1.80. The summed E-state index contributed by atoms with van der Waals surface area (Å²) in [4.78, 5) is 48.1. The van der Waals surface area contributed by atoms with E-state index in [0.717, 1.165) is 16.7 Å². The number of hydrogen-bond donors (Lipinski definition) is 2. The fourth-order valence-corrected chi connectivity index (χ4v) is 5.23. The van der Waals surface area contributed by atoms with Crippen LogP contribution in [0.3, 0.4) is 0 Å². The summed E-state index contributed by atoms with van der Waals surface area (Å²) >= 11 is 7.28. The predicted molar refractivity (Wildman–Crippen MR) is 138 cm³/mol. The lowest BCUT2D eigenvalue weighted by atomic mass is 10.2. The second kappa shape index (κ2) is 9.40. The number of imidazole rings is 1. The smallest absolute Gasteiger partial charge is 0.322 e. The maximum atomic E-state index is 12.8. The molecule has 0 aliphatic rings. The Morgan fingerprint density at radius 3 is 2.53 bits per heavy atom. The molecule has 0 radical (unpaired) electrons. The standard InChI is InChI=1S/C24H22ClN7O3S/c1-4-30-17(12-36-23-27-21(33)18-14(3)9-13(2)10-32(18)29-23)26-20-19(30)22(34)28-24(35)31(20)11-15-5-7-16(25)8-6-15/h5-10H,4,11-12H2,1-3H3,(H-,27,28,29,33,34,35)/p+1. The molecule has 4 heterocycles. The topological polar surface area (TPSA) is 123 Å². The van der Waals surface area contributed by atoms with Crippen LogP contribution in [0.15, 0.2) is 56.1 Å². The molecule has 0 spiro atoms. The third-order valence-electron chi connectivity index (χ3n) is 5.88. The van der Waals surface area contributed by atoms with Gasteiger partial charge in [0.25, 0.3) is 5.56 Å². The number of H-pyrrole nitrogens is 2. The van der Waals surface area contributed by atoms with Crippen LogP contribution in [0.25, 0.3) is 16.7 Å². The van der Waals surface area contributed by atoms with Crippen molar-refractivity contribution in [3.63, 3.8) is 0 Å². The number of rotatable bonds is 6. The molecule has 36 heavy (non-hydrogen) atoms. The molecule has 184 valence electrons. The lowest BCUT2D eigenvalue weighted by Crippen LogP contribution is -2.35. The maximum absolute atomic E-state index is 12.8. The van der Waals surface area contributed by atoms with Gasteiger partial charge in [0.05, 0.1) is 12.3 Å². The average molecular weight is 525 g/mol. The van der Waals surface area contributed by atoms with Crippen LogP contribution in [0.5, 0.6) is 0 Å². The van der Waals surface area contributed by atoms with Gasteiger partial charge < -0.3 is 4.57 Å². The Morgan fingerprint density at radius 1 is 1.06 bits per heavy atom. The van der Waals surface area contributed by atoms with Gasteiger partial charge in [0.15, 0.2) is 11.2 Å². The summed E-state index contributed by atoms with van der Waals surface area (Å²) in [7, 11) is 0. The lowest BCUT2D eigenvalue weighted by Gasteiger charge is -2.07. The highest BCUT2D eigenvalue weighted by Crippen LogP contribution is 2.21. The number of pyridine rings is 1. The molecule has 0 aliphatic heterocycles. The molecular formula is C24H23ClN7O3S+. The molecule has 0 aliphatic carbocycles. The Kier molecular flexibility index (Phi) is 6.27. The largest absolute Gasteiger partial charge is 0.330 e. The third-order valence-corrected chi connectivity index (χ3v) is 6.99. The molecule has 0 fully saturated rings. The zero-order valence-corrected chi connectivity index (χ0v) is 21.4. The summed E-state index contributed by atoms with van der Waals surface area (Å²) in [5.74, 6) is 0.920. The number of halogens is 1. The second-order valence-corrected chi connectivity index (χ2v) is 9.86. The highest BCUT2D eigenvalue weighted by atomic mass is 35.5. The molecule has 10 nitrogen and oxygen atoms in total. The second-order valence-electron chi connectivity index (χ2n) is 8.46. The highest BCUT2D eigenvalue weighted by molar-refractivity contribution is 7.98. The van der Waals surface area contributed by atoms with E-state index in [9.17, 15) is 14.4 Å². The molecule has 0 bridgehead atoms. The average Bonchev–Trinajstić information content (AvgIpc) is 3.20. The van der Waals surface area contributed by atoms with Crippen molar-refractivity contribution < 1.29 is 4.52 Å². The minimum atomic E-state index is -0.537. The summed E-state index contributed by atoms with van der Waals surface area (Å²) < 4.78 is 4.81. The van der Waals surface area contributed by atoms with Gasteiger partial charge in [0.1, 0.15) is 5.82 Å². The number of benzene rings is 1. The Bertz CT molecular complexity index is 1800. The highest BCUT2D eigenvalue weighted by Gasteiger charge is 2.20. The van der Waals surface area contributed by atoms with Crippen molar-refractivity contribution in [3.05, 3.63) is 95.3 Å². The summed E-state index contributed by atoms with van der Waals surface area (Å²) in [6, 6.07) is 9.07. The van der Waals surface area contributed by atoms with Gasteiger partial charge in [0, 0.05) is 27.8 Å².